The summed E-state index contributed by atoms with van der Waals surface area (Å²) in [5.41, 5.74) is -0.457. The number of aromatic nitrogens is 5. The maximum atomic E-state index is 12.5. The van der Waals surface area contributed by atoms with Gasteiger partial charge in [0.05, 0.1) is 12.8 Å². The summed E-state index contributed by atoms with van der Waals surface area (Å²) in [7, 11) is -2.24. The predicted octanol–water partition coefficient (Wildman–Crippen LogP) is 0.920. The topological polar surface area (TPSA) is 161 Å². The fourth-order valence-corrected chi connectivity index (χ4v) is 3.09. The van der Waals surface area contributed by atoms with Gasteiger partial charge in [-0.1, -0.05) is 0 Å². The lowest BCUT2D eigenvalue weighted by Gasteiger charge is -2.13. The highest BCUT2D eigenvalue weighted by Gasteiger charge is 2.19. The van der Waals surface area contributed by atoms with E-state index in [1.807, 2.05) is 5.32 Å². The lowest BCUT2D eigenvalue weighted by atomic mass is 10.3. The van der Waals surface area contributed by atoms with E-state index in [2.05, 4.69) is 36.0 Å². The molecule has 0 saturated heterocycles. The van der Waals surface area contributed by atoms with Crippen molar-refractivity contribution in [2.24, 2.45) is 0 Å². The number of nitrogens with zero attached hydrogens (tertiary/aromatic N) is 5. The summed E-state index contributed by atoms with van der Waals surface area (Å²) in [5, 5.41) is 22.7. The number of anilines is 4. The summed E-state index contributed by atoms with van der Waals surface area (Å²) >= 11 is 0. The fraction of sp³-hybridized carbons (Fsp3) is 0.176. The zero-order valence-electron chi connectivity index (χ0n) is 18.7. The summed E-state index contributed by atoms with van der Waals surface area (Å²) in [6, 6.07) is 7.17. The molecule has 0 saturated carbocycles. The number of carbonyl (C=O) groups excluding carboxylic acids is 1. The third-order valence-corrected chi connectivity index (χ3v) is 4.78. The van der Waals surface area contributed by atoms with Gasteiger partial charge < -0.3 is 20.7 Å². The Balaban J connectivity index is 2.02. The van der Waals surface area contributed by atoms with Crippen LogP contribution in [0.2, 0.25) is 0 Å². The SMILES string of the molecule is [2H]C([2H])([2H])NC(=O)c1nnc(Nc2ccc(OC)nn2)cc1Nc1ncccc1S(C)(=O)=O. The maximum Gasteiger partial charge on any atom is 0.273 e. The summed E-state index contributed by atoms with van der Waals surface area (Å²) < 4.78 is 50.9. The highest BCUT2D eigenvalue weighted by Crippen LogP contribution is 2.26. The van der Waals surface area contributed by atoms with E-state index in [-0.39, 0.29) is 33.9 Å². The number of amides is 1. The molecule has 1 amide bonds. The Kier molecular flexibility index (Phi) is 4.91. The maximum absolute atomic E-state index is 12.5. The molecule has 3 aromatic heterocycles. The lowest BCUT2D eigenvalue weighted by molar-refractivity contribution is 0.0958. The molecule has 156 valence electrons. The minimum Gasteiger partial charge on any atom is -0.480 e. The monoisotopic (exact) mass is 433 g/mol. The van der Waals surface area contributed by atoms with Crippen molar-refractivity contribution in [3.63, 3.8) is 0 Å². The molecule has 3 aromatic rings. The van der Waals surface area contributed by atoms with Crippen molar-refractivity contribution in [2.75, 3.05) is 31.0 Å². The van der Waals surface area contributed by atoms with Gasteiger partial charge >= 0.3 is 0 Å². The molecule has 0 bridgehead atoms. The largest absolute Gasteiger partial charge is 0.480 e. The number of carbonyl (C=O) groups is 1. The van der Waals surface area contributed by atoms with Crippen LogP contribution in [0.4, 0.5) is 23.1 Å². The standard InChI is InChI=1S/C17H18N8O4S/c1-18-17(26)15-10(20-16-11(30(3,27)28)5-4-8-19-16)9-13(23-25-15)21-12-6-7-14(29-2)24-22-12/h4-9H,1-3H3,(H,18,26)(H2,19,20,21,22,23)/i1D3. The normalized spacial score (nSPS) is 12.8. The molecule has 0 radical (unpaired) electrons. The first-order chi connectivity index (χ1) is 15.5. The molecular weight excluding hydrogens is 412 g/mol. The van der Waals surface area contributed by atoms with E-state index in [9.17, 15) is 13.2 Å². The third-order valence-electron chi connectivity index (χ3n) is 3.65. The lowest BCUT2D eigenvalue weighted by Crippen LogP contribution is -2.22. The molecule has 12 nitrogen and oxygen atoms in total. The third kappa shape index (κ3) is 4.75. The number of hydrogen-bond acceptors (Lipinski definition) is 11. The average Bonchev–Trinajstić information content (AvgIpc) is 2.73. The van der Waals surface area contributed by atoms with Crippen LogP contribution in [0.15, 0.2) is 41.4 Å². The zero-order chi connectivity index (χ0) is 24.2. The second kappa shape index (κ2) is 8.65. The van der Waals surface area contributed by atoms with Gasteiger partial charge in [-0.25, -0.2) is 13.4 Å². The molecule has 0 fully saturated rings. The Morgan fingerprint density at radius 3 is 2.57 bits per heavy atom. The van der Waals surface area contributed by atoms with Crippen molar-refractivity contribution in [3.8, 4) is 5.88 Å². The molecule has 0 aliphatic carbocycles. The molecule has 0 aromatic carbocycles. The van der Waals surface area contributed by atoms with Crippen molar-refractivity contribution < 1.29 is 22.1 Å². The van der Waals surface area contributed by atoms with Gasteiger partial charge in [0.15, 0.2) is 27.2 Å². The number of hydrogen-bond donors (Lipinski definition) is 3. The Labute approximate surface area is 176 Å². The van der Waals surface area contributed by atoms with Crippen molar-refractivity contribution >= 4 is 38.9 Å². The highest BCUT2D eigenvalue weighted by molar-refractivity contribution is 7.90. The summed E-state index contributed by atoms with van der Waals surface area (Å²) in [6.45, 7) is -2.78. The van der Waals surface area contributed by atoms with Crippen LogP contribution in [-0.4, -0.2) is 60.0 Å². The van der Waals surface area contributed by atoms with Crippen LogP contribution in [0.1, 0.15) is 14.6 Å². The molecule has 0 aliphatic heterocycles. The molecule has 3 rings (SSSR count). The van der Waals surface area contributed by atoms with Crippen molar-refractivity contribution in [3.05, 3.63) is 42.2 Å². The Morgan fingerprint density at radius 1 is 1.10 bits per heavy atom. The van der Waals surface area contributed by atoms with Crippen molar-refractivity contribution in [1.29, 1.82) is 0 Å². The Bertz CT molecular complexity index is 1270. The van der Waals surface area contributed by atoms with Crippen LogP contribution in [0.5, 0.6) is 5.88 Å². The molecule has 0 spiro atoms. The highest BCUT2D eigenvalue weighted by atomic mass is 32.2. The van der Waals surface area contributed by atoms with E-state index in [1.54, 1.807) is 12.1 Å². The smallest absolute Gasteiger partial charge is 0.273 e. The van der Waals surface area contributed by atoms with Crippen molar-refractivity contribution in [2.45, 2.75) is 4.90 Å². The fourth-order valence-electron chi connectivity index (χ4n) is 2.31. The minimum absolute atomic E-state index is 0.0562. The van der Waals surface area contributed by atoms with E-state index in [4.69, 9.17) is 8.85 Å². The van der Waals surface area contributed by atoms with Gasteiger partial charge in [0.25, 0.3) is 5.91 Å². The number of methoxy groups -OCH3 is 1. The van der Waals surface area contributed by atoms with E-state index < -0.39 is 28.4 Å². The van der Waals surface area contributed by atoms with Gasteiger partial charge in [0.1, 0.15) is 10.7 Å². The molecule has 13 heteroatoms. The number of sulfone groups is 1. The second-order valence-electron chi connectivity index (χ2n) is 5.78. The first-order valence-electron chi connectivity index (χ1n) is 9.73. The minimum atomic E-state index is -3.68. The van der Waals surface area contributed by atoms with E-state index in [0.717, 1.165) is 6.26 Å². The molecule has 0 atom stereocenters. The Morgan fingerprint density at radius 2 is 1.90 bits per heavy atom. The molecule has 30 heavy (non-hydrogen) atoms. The van der Waals surface area contributed by atoms with Crippen molar-refractivity contribution in [1.82, 2.24) is 30.7 Å². The molecule has 3 N–H and O–H groups in total. The summed E-state index contributed by atoms with van der Waals surface area (Å²) in [6.07, 6.45) is 2.34. The van der Waals surface area contributed by atoms with Crippen LogP contribution in [-0.2, 0) is 9.84 Å². The van der Waals surface area contributed by atoms with E-state index in [0.29, 0.717) is 0 Å². The van der Waals surface area contributed by atoms with Crippen LogP contribution in [0, 0.1) is 0 Å². The second-order valence-corrected chi connectivity index (χ2v) is 7.76. The van der Waals surface area contributed by atoms with Crippen LogP contribution in [0.3, 0.4) is 0 Å². The van der Waals surface area contributed by atoms with Gasteiger partial charge in [0.2, 0.25) is 5.88 Å². The number of rotatable bonds is 7. The van der Waals surface area contributed by atoms with Crippen LogP contribution >= 0.6 is 0 Å². The zero-order valence-corrected chi connectivity index (χ0v) is 16.6. The van der Waals surface area contributed by atoms with Crippen LogP contribution < -0.4 is 20.7 Å². The van der Waals surface area contributed by atoms with Gasteiger partial charge in [-0.2, -0.15) is 0 Å². The van der Waals surface area contributed by atoms with E-state index >= 15 is 0 Å². The first kappa shape index (κ1) is 17.0. The molecule has 3 heterocycles. The number of pyridine rings is 1. The molecular formula is C17H18N8O4S. The molecule has 0 aliphatic rings. The van der Waals surface area contributed by atoms with Gasteiger partial charge in [-0.15, -0.1) is 20.4 Å². The predicted molar refractivity (Wildman–Crippen MR) is 108 cm³/mol. The van der Waals surface area contributed by atoms with E-state index in [1.165, 1.54) is 31.5 Å². The van der Waals surface area contributed by atoms with Crippen LogP contribution in [0.25, 0.3) is 0 Å². The quantitative estimate of drug-likeness (QED) is 0.486. The number of ether oxygens (including phenoxy) is 1. The summed E-state index contributed by atoms with van der Waals surface area (Å²) in [5.74, 6) is -0.498. The Hall–Kier alpha value is -3.87. The van der Waals surface area contributed by atoms with Gasteiger partial charge in [-0.05, 0) is 18.2 Å². The summed E-state index contributed by atoms with van der Waals surface area (Å²) in [4.78, 5) is 16.4. The van der Waals surface area contributed by atoms with Gasteiger partial charge in [-0.3, -0.25) is 4.79 Å². The first-order valence-corrected chi connectivity index (χ1v) is 10.1. The number of nitrogens with one attached hydrogen (secondary N) is 3. The average molecular weight is 433 g/mol. The van der Waals surface area contributed by atoms with Gasteiger partial charge in [0, 0.05) is 35.7 Å². The molecule has 0 unspecified atom stereocenters.